The van der Waals surface area contributed by atoms with Crippen molar-refractivity contribution >= 4 is 23.5 Å². The SMILES string of the molecule is COCc1cc(N2CCCC[C@@H]2C)nc(SCc2cccc(C(=O)NCC(C)C)c2)n1. The second kappa shape index (κ2) is 11.5. The van der Waals surface area contributed by atoms with Crippen LogP contribution in [0.3, 0.4) is 0 Å². The Morgan fingerprint density at radius 3 is 2.87 bits per heavy atom. The number of carbonyl (C=O) groups is 1. The molecule has 1 aliphatic heterocycles. The van der Waals surface area contributed by atoms with Gasteiger partial charge in [-0.15, -0.1) is 0 Å². The Hall–Kier alpha value is -2.12. The van der Waals surface area contributed by atoms with E-state index in [1.807, 2.05) is 24.3 Å². The highest BCUT2D eigenvalue weighted by molar-refractivity contribution is 7.98. The summed E-state index contributed by atoms with van der Waals surface area (Å²) in [7, 11) is 1.69. The molecule has 1 saturated heterocycles. The molecule has 0 bridgehead atoms. The number of nitrogens with zero attached hydrogens (tertiary/aromatic N) is 3. The van der Waals surface area contributed by atoms with Crippen molar-refractivity contribution in [3.63, 3.8) is 0 Å². The summed E-state index contributed by atoms with van der Waals surface area (Å²) in [4.78, 5) is 24.3. The van der Waals surface area contributed by atoms with Gasteiger partial charge in [0.2, 0.25) is 0 Å². The van der Waals surface area contributed by atoms with Gasteiger partial charge in [-0.25, -0.2) is 9.97 Å². The zero-order valence-electron chi connectivity index (χ0n) is 19.1. The topological polar surface area (TPSA) is 67.3 Å². The number of hydrogen-bond acceptors (Lipinski definition) is 6. The fourth-order valence-electron chi connectivity index (χ4n) is 3.68. The average molecular weight is 443 g/mol. The first kappa shape index (κ1) is 23.5. The summed E-state index contributed by atoms with van der Waals surface area (Å²) in [5, 5.41) is 3.73. The van der Waals surface area contributed by atoms with Crippen molar-refractivity contribution in [2.75, 3.05) is 25.1 Å². The van der Waals surface area contributed by atoms with Crippen molar-refractivity contribution in [3.8, 4) is 0 Å². The van der Waals surface area contributed by atoms with Gasteiger partial charge in [0.25, 0.3) is 5.91 Å². The Morgan fingerprint density at radius 2 is 2.13 bits per heavy atom. The molecule has 2 heterocycles. The third kappa shape index (κ3) is 6.94. The molecule has 3 rings (SSSR count). The lowest BCUT2D eigenvalue weighted by molar-refractivity contribution is 0.0949. The monoisotopic (exact) mass is 442 g/mol. The normalized spacial score (nSPS) is 16.5. The molecule has 168 valence electrons. The van der Waals surface area contributed by atoms with Crippen molar-refractivity contribution in [2.45, 2.75) is 63.6 Å². The van der Waals surface area contributed by atoms with Crippen LogP contribution >= 0.6 is 11.8 Å². The molecule has 1 aromatic heterocycles. The molecule has 0 spiro atoms. The minimum Gasteiger partial charge on any atom is -0.378 e. The number of methoxy groups -OCH3 is 1. The molecular weight excluding hydrogens is 408 g/mol. The number of nitrogens with one attached hydrogen (secondary N) is 1. The number of rotatable bonds is 9. The fraction of sp³-hybridized carbons (Fsp3) is 0.542. The summed E-state index contributed by atoms with van der Waals surface area (Å²) in [6.45, 7) is 8.61. The molecule has 0 saturated carbocycles. The molecule has 0 aliphatic carbocycles. The van der Waals surface area contributed by atoms with Gasteiger partial charge >= 0.3 is 0 Å². The van der Waals surface area contributed by atoms with Crippen molar-refractivity contribution < 1.29 is 9.53 Å². The first-order valence-corrected chi connectivity index (χ1v) is 12.1. The molecule has 1 atom stereocenters. The average Bonchev–Trinajstić information content (AvgIpc) is 2.76. The van der Waals surface area contributed by atoms with Crippen LogP contribution in [0.25, 0.3) is 0 Å². The quantitative estimate of drug-likeness (QED) is 0.449. The maximum atomic E-state index is 12.4. The van der Waals surface area contributed by atoms with E-state index in [9.17, 15) is 4.79 Å². The standard InChI is InChI=1S/C24H34N4O2S/c1-17(2)14-25-23(29)20-10-7-9-19(12-20)16-31-24-26-21(15-30-4)13-22(27-24)28-11-6-5-8-18(28)3/h7,9-10,12-13,17-18H,5-6,8,11,14-16H2,1-4H3,(H,25,29)/t18-/m0/s1. The van der Waals surface area contributed by atoms with Gasteiger partial charge in [0, 0.05) is 43.6 Å². The summed E-state index contributed by atoms with van der Waals surface area (Å²) in [6.07, 6.45) is 3.66. The number of aromatic nitrogens is 2. The van der Waals surface area contributed by atoms with Gasteiger partial charge in [-0.2, -0.15) is 0 Å². The van der Waals surface area contributed by atoms with Gasteiger partial charge in [-0.1, -0.05) is 37.7 Å². The molecule has 7 heteroatoms. The van der Waals surface area contributed by atoms with Crippen LogP contribution in [0.4, 0.5) is 5.82 Å². The maximum absolute atomic E-state index is 12.4. The molecular formula is C24H34N4O2S. The van der Waals surface area contributed by atoms with Crippen molar-refractivity contribution in [3.05, 3.63) is 47.2 Å². The third-order valence-corrected chi connectivity index (χ3v) is 6.28. The lowest BCUT2D eigenvalue weighted by Gasteiger charge is -2.34. The van der Waals surface area contributed by atoms with Gasteiger partial charge in [0.15, 0.2) is 5.16 Å². The maximum Gasteiger partial charge on any atom is 0.251 e. The number of amides is 1. The lowest BCUT2D eigenvalue weighted by Crippen LogP contribution is -2.38. The number of benzene rings is 1. The highest BCUT2D eigenvalue weighted by atomic mass is 32.2. The summed E-state index contributed by atoms with van der Waals surface area (Å²) in [6, 6.07) is 10.3. The smallest absolute Gasteiger partial charge is 0.251 e. The Balaban J connectivity index is 1.72. The molecule has 1 fully saturated rings. The first-order chi connectivity index (χ1) is 15.0. The number of carbonyl (C=O) groups excluding carboxylic acids is 1. The van der Waals surface area contributed by atoms with Gasteiger partial charge in [0.1, 0.15) is 5.82 Å². The highest BCUT2D eigenvalue weighted by Gasteiger charge is 2.21. The van der Waals surface area contributed by atoms with Crippen molar-refractivity contribution in [1.29, 1.82) is 0 Å². The highest BCUT2D eigenvalue weighted by Crippen LogP contribution is 2.27. The predicted molar refractivity (Wildman–Crippen MR) is 127 cm³/mol. The second-order valence-corrected chi connectivity index (χ2v) is 9.51. The number of piperidine rings is 1. The number of thioether (sulfide) groups is 1. The number of hydrogen-bond donors (Lipinski definition) is 1. The van der Waals surface area contributed by atoms with E-state index in [0.717, 1.165) is 28.8 Å². The summed E-state index contributed by atoms with van der Waals surface area (Å²) >= 11 is 1.60. The van der Waals surface area contributed by atoms with Crippen LogP contribution in [0.15, 0.2) is 35.5 Å². The van der Waals surface area contributed by atoms with Crippen LogP contribution in [0, 0.1) is 5.92 Å². The Kier molecular flexibility index (Phi) is 8.72. The molecule has 1 aromatic carbocycles. The van der Waals surface area contributed by atoms with Crippen LogP contribution in [0.5, 0.6) is 0 Å². The molecule has 0 unspecified atom stereocenters. The predicted octanol–water partition coefficient (Wildman–Crippen LogP) is 4.68. The second-order valence-electron chi connectivity index (χ2n) is 8.56. The molecule has 0 radical (unpaired) electrons. The van der Waals surface area contributed by atoms with E-state index in [4.69, 9.17) is 9.72 Å². The van der Waals surface area contributed by atoms with Crippen LogP contribution in [0.1, 0.15) is 61.6 Å². The van der Waals surface area contributed by atoms with Crippen LogP contribution in [0.2, 0.25) is 0 Å². The zero-order valence-corrected chi connectivity index (χ0v) is 19.9. The first-order valence-electron chi connectivity index (χ1n) is 11.1. The van der Waals surface area contributed by atoms with Crippen LogP contribution in [-0.2, 0) is 17.1 Å². The lowest BCUT2D eigenvalue weighted by atomic mass is 10.0. The van der Waals surface area contributed by atoms with E-state index in [1.54, 1.807) is 18.9 Å². The van der Waals surface area contributed by atoms with Gasteiger partial charge in [-0.05, 0) is 49.8 Å². The Morgan fingerprint density at radius 1 is 1.29 bits per heavy atom. The zero-order chi connectivity index (χ0) is 22.2. The fourth-order valence-corrected chi connectivity index (χ4v) is 4.50. The molecule has 2 aromatic rings. The van der Waals surface area contributed by atoms with Crippen LogP contribution < -0.4 is 10.2 Å². The Labute approximate surface area is 190 Å². The van der Waals surface area contributed by atoms with E-state index < -0.39 is 0 Å². The van der Waals surface area contributed by atoms with Crippen molar-refractivity contribution in [1.82, 2.24) is 15.3 Å². The van der Waals surface area contributed by atoms with Crippen LogP contribution in [-0.4, -0.2) is 42.1 Å². The minimum absolute atomic E-state index is 0.0275. The molecule has 1 N–H and O–H groups in total. The van der Waals surface area contributed by atoms with Gasteiger partial charge < -0.3 is 15.0 Å². The van der Waals surface area contributed by atoms with E-state index >= 15 is 0 Å². The summed E-state index contributed by atoms with van der Waals surface area (Å²) < 4.78 is 5.33. The molecule has 6 nitrogen and oxygen atoms in total. The number of ether oxygens (including phenoxy) is 1. The number of anilines is 1. The summed E-state index contributed by atoms with van der Waals surface area (Å²) in [5.41, 5.74) is 2.67. The van der Waals surface area contributed by atoms with E-state index in [0.29, 0.717) is 36.4 Å². The Bertz CT molecular complexity index is 874. The van der Waals surface area contributed by atoms with Gasteiger partial charge in [-0.3, -0.25) is 4.79 Å². The van der Waals surface area contributed by atoms with Crippen molar-refractivity contribution in [2.24, 2.45) is 5.92 Å². The minimum atomic E-state index is -0.0275. The van der Waals surface area contributed by atoms with E-state index in [-0.39, 0.29) is 5.91 Å². The molecule has 31 heavy (non-hydrogen) atoms. The largest absolute Gasteiger partial charge is 0.378 e. The molecule has 1 aliphatic rings. The third-order valence-electron chi connectivity index (χ3n) is 5.36. The molecule has 1 amide bonds. The van der Waals surface area contributed by atoms with E-state index in [2.05, 4.69) is 42.0 Å². The summed E-state index contributed by atoms with van der Waals surface area (Å²) in [5.74, 6) is 2.09. The van der Waals surface area contributed by atoms with Gasteiger partial charge in [0.05, 0.1) is 12.3 Å². The van der Waals surface area contributed by atoms with E-state index in [1.165, 1.54) is 19.3 Å².